The molecule has 21 heavy (non-hydrogen) atoms. The molecule has 3 rings (SSSR count). The Bertz CT molecular complexity index is 783. The molecule has 2 heterocycles. The molecule has 2 aromatic heterocycles. The number of rotatable bonds is 4. The summed E-state index contributed by atoms with van der Waals surface area (Å²) in [5.41, 5.74) is 2.63. The topological polar surface area (TPSA) is 72.5 Å². The van der Waals surface area contributed by atoms with Crippen molar-refractivity contribution in [3.63, 3.8) is 0 Å². The monoisotopic (exact) mass is 346 g/mol. The van der Waals surface area contributed by atoms with E-state index in [2.05, 4.69) is 26.2 Å². The van der Waals surface area contributed by atoms with Crippen LogP contribution in [0.4, 0.5) is 11.4 Å². The van der Waals surface area contributed by atoms with Crippen molar-refractivity contribution in [1.82, 2.24) is 9.38 Å². The van der Waals surface area contributed by atoms with Crippen LogP contribution in [0, 0.1) is 10.1 Å². The van der Waals surface area contributed by atoms with Gasteiger partial charge in [0.05, 0.1) is 17.2 Å². The summed E-state index contributed by atoms with van der Waals surface area (Å²) in [4.78, 5) is 14.8. The Morgan fingerprint density at radius 3 is 2.90 bits per heavy atom. The first-order chi connectivity index (χ1) is 10.1. The normalized spacial score (nSPS) is 10.7. The van der Waals surface area contributed by atoms with Crippen molar-refractivity contribution < 1.29 is 4.92 Å². The molecule has 0 aliphatic carbocycles. The van der Waals surface area contributed by atoms with Crippen LogP contribution < -0.4 is 5.32 Å². The summed E-state index contributed by atoms with van der Waals surface area (Å²) in [6.07, 6.45) is 3.88. The summed E-state index contributed by atoms with van der Waals surface area (Å²) < 4.78 is 2.60. The Balaban J connectivity index is 1.76. The third kappa shape index (κ3) is 2.87. The number of nitrogens with one attached hydrogen (secondary N) is 1. The van der Waals surface area contributed by atoms with E-state index >= 15 is 0 Å². The number of aromatic nitrogens is 2. The number of non-ortho nitro benzene ring substituents is 1. The fourth-order valence-corrected chi connectivity index (χ4v) is 2.53. The molecule has 0 radical (unpaired) electrons. The number of nitro groups is 1. The minimum atomic E-state index is -0.420. The molecular formula is C14H11BrN4O2. The smallest absolute Gasteiger partial charge is 0.270 e. The van der Waals surface area contributed by atoms with E-state index in [1.807, 2.05) is 35.0 Å². The van der Waals surface area contributed by atoms with Gasteiger partial charge >= 0.3 is 0 Å². The molecule has 1 N–H and O–H groups in total. The number of hydrogen-bond acceptors (Lipinski definition) is 4. The Labute approximate surface area is 128 Å². The molecular weight excluding hydrogens is 336 g/mol. The Morgan fingerprint density at radius 2 is 2.19 bits per heavy atom. The second kappa shape index (κ2) is 5.53. The average Bonchev–Trinajstić information content (AvgIpc) is 2.88. The van der Waals surface area contributed by atoms with Gasteiger partial charge in [0, 0.05) is 34.7 Å². The van der Waals surface area contributed by atoms with Crippen molar-refractivity contribution in [2.45, 2.75) is 6.54 Å². The zero-order valence-electron chi connectivity index (χ0n) is 10.9. The molecule has 0 unspecified atom stereocenters. The van der Waals surface area contributed by atoms with Gasteiger partial charge in [0.2, 0.25) is 0 Å². The van der Waals surface area contributed by atoms with Crippen LogP contribution in [-0.2, 0) is 6.54 Å². The zero-order valence-corrected chi connectivity index (χ0v) is 12.4. The highest BCUT2D eigenvalue weighted by Crippen LogP contribution is 2.27. The molecule has 0 spiro atoms. The molecule has 0 amide bonds. The lowest BCUT2D eigenvalue weighted by molar-refractivity contribution is -0.384. The number of fused-ring (bicyclic) bond motifs is 1. The summed E-state index contributed by atoms with van der Waals surface area (Å²) in [6.45, 7) is 0.540. The second-order valence-corrected chi connectivity index (χ2v) is 5.33. The van der Waals surface area contributed by atoms with Gasteiger partial charge in [-0.25, -0.2) is 4.98 Å². The quantitative estimate of drug-likeness (QED) is 0.578. The maximum Gasteiger partial charge on any atom is 0.270 e. The molecule has 0 aliphatic heterocycles. The summed E-state index contributed by atoms with van der Waals surface area (Å²) in [5.74, 6) is 0. The minimum absolute atomic E-state index is 0.0557. The lowest BCUT2D eigenvalue weighted by Crippen LogP contribution is -2.00. The van der Waals surface area contributed by atoms with E-state index in [0.29, 0.717) is 11.0 Å². The van der Waals surface area contributed by atoms with Crippen molar-refractivity contribution >= 4 is 33.0 Å². The molecule has 0 aliphatic rings. The number of benzene rings is 1. The van der Waals surface area contributed by atoms with Crippen LogP contribution in [-0.4, -0.2) is 14.3 Å². The standard InChI is InChI=1S/C14H11BrN4O2/c15-12-7-11(19(20)21)4-5-13(12)16-8-10-9-18-6-2-1-3-14(18)17-10/h1-7,9,16H,8H2. The lowest BCUT2D eigenvalue weighted by Gasteiger charge is -2.06. The number of pyridine rings is 1. The van der Waals surface area contributed by atoms with E-state index in [0.717, 1.165) is 17.0 Å². The number of halogens is 1. The van der Waals surface area contributed by atoms with Gasteiger partial charge in [0.1, 0.15) is 5.65 Å². The van der Waals surface area contributed by atoms with Crippen LogP contribution in [0.15, 0.2) is 53.3 Å². The third-order valence-corrected chi connectivity index (χ3v) is 3.69. The van der Waals surface area contributed by atoms with Gasteiger partial charge in [0.25, 0.3) is 5.69 Å². The predicted octanol–water partition coefficient (Wildman–Crippen LogP) is 3.62. The van der Waals surface area contributed by atoms with E-state index in [1.54, 1.807) is 6.07 Å². The van der Waals surface area contributed by atoms with Crippen LogP contribution >= 0.6 is 15.9 Å². The van der Waals surface area contributed by atoms with Gasteiger partial charge in [-0.15, -0.1) is 0 Å². The number of hydrogen-bond donors (Lipinski definition) is 1. The summed E-state index contributed by atoms with van der Waals surface area (Å²) in [7, 11) is 0. The summed E-state index contributed by atoms with van der Waals surface area (Å²) in [6, 6.07) is 10.4. The highest BCUT2D eigenvalue weighted by Gasteiger charge is 2.09. The van der Waals surface area contributed by atoms with Crippen molar-refractivity contribution in [3.8, 4) is 0 Å². The van der Waals surface area contributed by atoms with Gasteiger partial charge in [-0.2, -0.15) is 0 Å². The fourth-order valence-electron chi connectivity index (χ4n) is 2.02. The highest BCUT2D eigenvalue weighted by atomic mass is 79.9. The van der Waals surface area contributed by atoms with Crippen LogP contribution in [0.2, 0.25) is 0 Å². The van der Waals surface area contributed by atoms with E-state index < -0.39 is 4.92 Å². The largest absolute Gasteiger partial charge is 0.378 e. The average molecular weight is 347 g/mol. The molecule has 3 aromatic rings. The summed E-state index contributed by atoms with van der Waals surface area (Å²) in [5, 5.41) is 13.9. The van der Waals surface area contributed by atoms with E-state index in [4.69, 9.17) is 0 Å². The highest BCUT2D eigenvalue weighted by molar-refractivity contribution is 9.10. The maximum absolute atomic E-state index is 10.7. The van der Waals surface area contributed by atoms with Gasteiger partial charge in [-0.05, 0) is 34.1 Å². The second-order valence-electron chi connectivity index (χ2n) is 4.47. The Hall–Kier alpha value is -2.41. The molecule has 6 nitrogen and oxygen atoms in total. The molecule has 0 atom stereocenters. The SMILES string of the molecule is O=[N+]([O-])c1ccc(NCc2cn3ccccc3n2)c(Br)c1. The van der Waals surface area contributed by atoms with Crippen molar-refractivity contribution in [1.29, 1.82) is 0 Å². The number of nitro benzene ring substituents is 1. The Morgan fingerprint density at radius 1 is 1.33 bits per heavy atom. The number of imidazole rings is 1. The molecule has 0 fully saturated rings. The molecule has 7 heteroatoms. The van der Waals surface area contributed by atoms with Gasteiger partial charge in [-0.3, -0.25) is 10.1 Å². The van der Waals surface area contributed by atoms with Crippen LogP contribution in [0.3, 0.4) is 0 Å². The minimum Gasteiger partial charge on any atom is -0.378 e. The molecule has 0 saturated carbocycles. The van der Waals surface area contributed by atoms with Crippen LogP contribution in [0.5, 0.6) is 0 Å². The van der Waals surface area contributed by atoms with Crippen LogP contribution in [0.25, 0.3) is 5.65 Å². The lowest BCUT2D eigenvalue weighted by atomic mass is 10.3. The van der Waals surface area contributed by atoms with Gasteiger partial charge < -0.3 is 9.72 Å². The summed E-state index contributed by atoms with van der Waals surface area (Å²) >= 11 is 3.33. The van der Waals surface area contributed by atoms with Crippen LogP contribution in [0.1, 0.15) is 5.69 Å². The van der Waals surface area contributed by atoms with Crippen molar-refractivity contribution in [2.24, 2.45) is 0 Å². The predicted molar refractivity (Wildman–Crippen MR) is 83.3 cm³/mol. The van der Waals surface area contributed by atoms with Gasteiger partial charge in [0.15, 0.2) is 0 Å². The Kier molecular flexibility index (Phi) is 3.57. The number of anilines is 1. The van der Waals surface area contributed by atoms with Gasteiger partial charge in [-0.1, -0.05) is 6.07 Å². The first-order valence-corrected chi connectivity index (χ1v) is 7.03. The first-order valence-electron chi connectivity index (χ1n) is 6.24. The molecule has 0 saturated heterocycles. The van der Waals surface area contributed by atoms with E-state index in [-0.39, 0.29) is 5.69 Å². The van der Waals surface area contributed by atoms with Crippen molar-refractivity contribution in [2.75, 3.05) is 5.32 Å². The van der Waals surface area contributed by atoms with E-state index in [9.17, 15) is 10.1 Å². The third-order valence-electron chi connectivity index (χ3n) is 3.04. The molecule has 0 bridgehead atoms. The molecule has 1 aromatic carbocycles. The zero-order chi connectivity index (χ0) is 14.8. The van der Waals surface area contributed by atoms with Crippen molar-refractivity contribution in [3.05, 3.63) is 69.1 Å². The molecule has 106 valence electrons. The first kappa shape index (κ1) is 13.6. The van der Waals surface area contributed by atoms with E-state index in [1.165, 1.54) is 12.1 Å². The maximum atomic E-state index is 10.7. The fraction of sp³-hybridized carbons (Fsp3) is 0.0714. The number of nitrogens with zero attached hydrogens (tertiary/aromatic N) is 3.